The Morgan fingerprint density at radius 2 is 2.10 bits per heavy atom. The second-order valence-corrected chi connectivity index (χ2v) is 8.83. The van der Waals surface area contributed by atoms with E-state index in [2.05, 4.69) is 21.4 Å². The van der Waals surface area contributed by atoms with Gasteiger partial charge in [-0.15, -0.1) is 0 Å². The highest BCUT2D eigenvalue weighted by atomic mass is 32.2. The molecule has 3 rings (SSSR count). The molecule has 8 heteroatoms. The summed E-state index contributed by atoms with van der Waals surface area (Å²) >= 11 is 0. The highest BCUT2D eigenvalue weighted by molar-refractivity contribution is 7.89. The topological polar surface area (TPSA) is 88.8 Å². The predicted octanol–water partition coefficient (Wildman–Crippen LogP) is 3.07. The SMILES string of the molecule is C=NN(/C=C\C)c1ccc(CN2CC[C@@H](NS(=O)(=O)c3cccc(C#N)c3)C2)cc1. The number of allylic oxidation sites excluding steroid dienone is 1. The monoisotopic (exact) mass is 423 g/mol. The Kier molecular flexibility index (Phi) is 7.00. The molecule has 0 radical (unpaired) electrons. The van der Waals surface area contributed by atoms with E-state index in [4.69, 9.17) is 5.26 Å². The molecule has 1 N–H and O–H groups in total. The van der Waals surface area contributed by atoms with Crippen LogP contribution >= 0.6 is 0 Å². The van der Waals surface area contributed by atoms with Crippen LogP contribution in [0.4, 0.5) is 5.69 Å². The quantitative estimate of drug-likeness (QED) is 0.521. The summed E-state index contributed by atoms with van der Waals surface area (Å²) in [5.41, 5.74) is 2.40. The first-order chi connectivity index (χ1) is 14.4. The van der Waals surface area contributed by atoms with Crippen molar-refractivity contribution in [3.8, 4) is 6.07 Å². The number of nitrogens with one attached hydrogen (secondary N) is 1. The minimum atomic E-state index is -3.65. The average Bonchev–Trinajstić information content (AvgIpc) is 3.18. The molecule has 1 aliphatic heterocycles. The molecule has 0 aromatic heterocycles. The van der Waals surface area contributed by atoms with E-state index < -0.39 is 10.0 Å². The van der Waals surface area contributed by atoms with Crippen LogP contribution in [0.25, 0.3) is 0 Å². The number of likely N-dealkylation sites (tertiary alicyclic amines) is 1. The zero-order valence-electron chi connectivity index (χ0n) is 16.9. The molecule has 1 aliphatic rings. The van der Waals surface area contributed by atoms with Gasteiger partial charge in [-0.2, -0.15) is 10.4 Å². The number of nitrogens with zero attached hydrogens (tertiary/aromatic N) is 4. The van der Waals surface area contributed by atoms with Gasteiger partial charge in [0.2, 0.25) is 10.0 Å². The van der Waals surface area contributed by atoms with Gasteiger partial charge in [0.25, 0.3) is 0 Å². The lowest BCUT2D eigenvalue weighted by atomic mass is 10.2. The average molecular weight is 424 g/mol. The van der Waals surface area contributed by atoms with Gasteiger partial charge in [-0.1, -0.05) is 24.3 Å². The minimum absolute atomic E-state index is 0.122. The standard InChI is InChI=1S/C22H25N5O2S/c1-3-12-27(24-2)21-9-7-18(8-10-21)16-26-13-11-20(17-26)25-30(28,29)22-6-4-5-19(14-22)15-23/h3-10,12,14,20,25H,2,11,13,16-17H2,1H3/b12-3-/t20-/m1/s1. The third-order valence-corrected chi connectivity index (χ3v) is 6.44. The summed E-state index contributed by atoms with van der Waals surface area (Å²) in [7, 11) is -3.65. The number of sulfonamides is 1. The van der Waals surface area contributed by atoms with Crippen molar-refractivity contribution in [2.45, 2.75) is 30.8 Å². The number of hydrazone groups is 1. The Morgan fingerprint density at radius 1 is 1.33 bits per heavy atom. The number of benzene rings is 2. The molecule has 2 aromatic rings. The fraction of sp³-hybridized carbons (Fsp3) is 0.273. The van der Waals surface area contributed by atoms with Crippen molar-refractivity contribution in [3.63, 3.8) is 0 Å². The van der Waals surface area contributed by atoms with E-state index in [-0.39, 0.29) is 10.9 Å². The number of hydrogen-bond acceptors (Lipinski definition) is 6. The molecular weight excluding hydrogens is 398 g/mol. The van der Waals surface area contributed by atoms with E-state index in [0.29, 0.717) is 12.1 Å². The van der Waals surface area contributed by atoms with Crippen molar-refractivity contribution < 1.29 is 8.42 Å². The van der Waals surface area contributed by atoms with Crippen molar-refractivity contribution >= 4 is 22.4 Å². The zero-order chi connectivity index (χ0) is 21.6. The van der Waals surface area contributed by atoms with Gasteiger partial charge in [0.1, 0.15) is 0 Å². The molecule has 1 fully saturated rings. The molecule has 30 heavy (non-hydrogen) atoms. The molecule has 1 heterocycles. The van der Waals surface area contributed by atoms with Crippen LogP contribution in [0.15, 0.2) is 70.8 Å². The van der Waals surface area contributed by atoms with Gasteiger partial charge in [0.05, 0.1) is 22.2 Å². The van der Waals surface area contributed by atoms with Crippen LogP contribution in [0.5, 0.6) is 0 Å². The fourth-order valence-electron chi connectivity index (χ4n) is 3.46. The molecule has 2 aromatic carbocycles. The second-order valence-electron chi connectivity index (χ2n) is 7.12. The maximum Gasteiger partial charge on any atom is 0.240 e. The van der Waals surface area contributed by atoms with Gasteiger partial charge < -0.3 is 0 Å². The molecule has 0 saturated carbocycles. The summed E-state index contributed by atoms with van der Waals surface area (Å²) in [6.45, 7) is 7.69. The number of rotatable bonds is 8. The number of hydrogen-bond donors (Lipinski definition) is 1. The molecule has 0 amide bonds. The van der Waals surface area contributed by atoms with Crippen molar-refractivity contribution in [2.24, 2.45) is 5.10 Å². The Labute approximate surface area is 178 Å². The predicted molar refractivity (Wildman–Crippen MR) is 118 cm³/mol. The summed E-state index contributed by atoms with van der Waals surface area (Å²) in [6, 6.07) is 15.9. The van der Waals surface area contributed by atoms with E-state index in [1.165, 1.54) is 12.1 Å². The molecule has 0 bridgehead atoms. The molecule has 0 spiro atoms. The van der Waals surface area contributed by atoms with Gasteiger partial charge in [-0.25, -0.2) is 18.1 Å². The van der Waals surface area contributed by atoms with Gasteiger partial charge >= 0.3 is 0 Å². The van der Waals surface area contributed by atoms with E-state index in [1.807, 2.05) is 49.5 Å². The molecular formula is C22H25N5O2S. The summed E-state index contributed by atoms with van der Waals surface area (Å²) < 4.78 is 28.1. The molecule has 156 valence electrons. The van der Waals surface area contributed by atoms with Gasteiger partial charge in [-0.05, 0) is 49.2 Å². The fourth-order valence-corrected chi connectivity index (χ4v) is 4.77. The first kappa shape index (κ1) is 21.7. The van der Waals surface area contributed by atoms with Crippen LogP contribution < -0.4 is 9.73 Å². The van der Waals surface area contributed by atoms with Crippen LogP contribution in [-0.4, -0.2) is 39.2 Å². The lowest BCUT2D eigenvalue weighted by Crippen LogP contribution is -2.37. The maximum atomic E-state index is 12.6. The third-order valence-electron chi connectivity index (χ3n) is 4.92. The smallest absolute Gasteiger partial charge is 0.240 e. The highest BCUT2D eigenvalue weighted by Gasteiger charge is 2.27. The van der Waals surface area contributed by atoms with Crippen molar-refractivity contribution in [1.82, 2.24) is 9.62 Å². The third kappa shape index (κ3) is 5.33. The Morgan fingerprint density at radius 3 is 2.77 bits per heavy atom. The van der Waals surface area contributed by atoms with Gasteiger partial charge in [0, 0.05) is 38.6 Å². The Balaban J connectivity index is 1.59. The van der Waals surface area contributed by atoms with Crippen molar-refractivity contribution in [2.75, 3.05) is 18.1 Å². The van der Waals surface area contributed by atoms with Crippen molar-refractivity contribution in [1.29, 1.82) is 5.26 Å². The summed E-state index contributed by atoms with van der Waals surface area (Å²) in [5, 5.41) is 14.7. The van der Waals surface area contributed by atoms with Crippen molar-refractivity contribution in [3.05, 3.63) is 71.9 Å². The maximum absolute atomic E-state index is 12.6. The van der Waals surface area contributed by atoms with Crippen LogP contribution in [0.1, 0.15) is 24.5 Å². The van der Waals surface area contributed by atoms with E-state index in [0.717, 1.165) is 30.8 Å². The molecule has 0 unspecified atom stereocenters. The number of anilines is 1. The van der Waals surface area contributed by atoms with Crippen LogP contribution in [0.3, 0.4) is 0 Å². The lowest BCUT2D eigenvalue weighted by molar-refractivity contribution is 0.324. The largest absolute Gasteiger partial charge is 0.297 e. The van der Waals surface area contributed by atoms with Crippen LogP contribution in [0.2, 0.25) is 0 Å². The lowest BCUT2D eigenvalue weighted by Gasteiger charge is -2.18. The summed E-state index contributed by atoms with van der Waals surface area (Å²) in [5.74, 6) is 0. The molecule has 7 nitrogen and oxygen atoms in total. The minimum Gasteiger partial charge on any atom is -0.297 e. The number of nitriles is 1. The normalized spacial score (nSPS) is 17.1. The first-order valence-corrected chi connectivity index (χ1v) is 11.2. The second kappa shape index (κ2) is 9.67. The Bertz CT molecular complexity index is 1060. The van der Waals surface area contributed by atoms with Crippen LogP contribution in [-0.2, 0) is 16.6 Å². The van der Waals surface area contributed by atoms with Gasteiger partial charge in [0.15, 0.2) is 0 Å². The molecule has 0 aliphatic carbocycles. The summed E-state index contributed by atoms with van der Waals surface area (Å²) in [4.78, 5) is 2.35. The summed E-state index contributed by atoms with van der Waals surface area (Å²) in [6.07, 6.45) is 4.47. The van der Waals surface area contributed by atoms with E-state index in [9.17, 15) is 8.42 Å². The highest BCUT2D eigenvalue weighted by Crippen LogP contribution is 2.20. The Hall–Kier alpha value is -2.99. The zero-order valence-corrected chi connectivity index (χ0v) is 17.7. The van der Waals surface area contributed by atoms with E-state index >= 15 is 0 Å². The molecule has 1 atom stereocenters. The van der Waals surface area contributed by atoms with Gasteiger partial charge in [-0.3, -0.25) is 4.90 Å². The van der Waals surface area contributed by atoms with Crippen LogP contribution in [0, 0.1) is 11.3 Å². The first-order valence-electron chi connectivity index (χ1n) is 9.67. The van der Waals surface area contributed by atoms with E-state index in [1.54, 1.807) is 17.1 Å². The molecule has 1 saturated heterocycles.